The van der Waals surface area contributed by atoms with Gasteiger partial charge in [-0.05, 0) is 61.7 Å². The zero-order chi connectivity index (χ0) is 32.4. The van der Waals surface area contributed by atoms with Gasteiger partial charge in [-0.1, -0.05) is 176 Å². The lowest BCUT2D eigenvalue weighted by Gasteiger charge is -2.32. The highest BCUT2D eigenvalue weighted by Crippen LogP contribution is 2.64. The van der Waals surface area contributed by atoms with Gasteiger partial charge in [-0.25, -0.2) is 9.97 Å². The van der Waals surface area contributed by atoms with E-state index < -0.39 is 5.41 Å². The van der Waals surface area contributed by atoms with Crippen molar-refractivity contribution in [2.24, 2.45) is 0 Å². The minimum atomic E-state index is -0.393. The van der Waals surface area contributed by atoms with Crippen LogP contribution in [0.1, 0.15) is 22.3 Å². The van der Waals surface area contributed by atoms with Crippen LogP contribution in [-0.4, -0.2) is 9.97 Å². The fraction of sp³-hybridized carbons (Fsp3) is 0.0213. The first-order chi connectivity index (χ1) is 24.3. The van der Waals surface area contributed by atoms with Crippen LogP contribution in [0.15, 0.2) is 182 Å². The SMILES string of the molecule is c1ccc(-c2cc(-c3ccc(-c4cccc5c4C4(c6ccccc6-c6ccccc64)c4ccccc4-5)cc3)nc(-c3ccccc3)n2)cc1. The molecule has 1 spiro atoms. The minimum absolute atomic E-state index is 0.393. The number of aromatic nitrogens is 2. The lowest BCUT2D eigenvalue weighted by molar-refractivity contribution is 0.796. The van der Waals surface area contributed by atoms with Crippen LogP contribution in [0.4, 0.5) is 0 Å². The third kappa shape index (κ3) is 4.07. The van der Waals surface area contributed by atoms with Gasteiger partial charge in [0.15, 0.2) is 5.82 Å². The van der Waals surface area contributed by atoms with Crippen molar-refractivity contribution in [2.45, 2.75) is 5.41 Å². The molecule has 2 aliphatic rings. The highest BCUT2D eigenvalue weighted by molar-refractivity contribution is 5.98. The fourth-order valence-corrected chi connectivity index (χ4v) is 8.28. The number of benzene rings is 7. The molecule has 49 heavy (non-hydrogen) atoms. The summed E-state index contributed by atoms with van der Waals surface area (Å²) in [4.78, 5) is 10.1. The zero-order valence-electron chi connectivity index (χ0n) is 26.7. The number of fused-ring (bicyclic) bond motifs is 10. The molecule has 0 aliphatic heterocycles. The molecule has 0 atom stereocenters. The first kappa shape index (κ1) is 27.7. The monoisotopic (exact) mass is 622 g/mol. The molecule has 0 saturated heterocycles. The summed E-state index contributed by atoms with van der Waals surface area (Å²) in [6.45, 7) is 0. The van der Waals surface area contributed by atoms with Crippen LogP contribution in [0.25, 0.3) is 67.3 Å². The molecule has 2 aliphatic carbocycles. The van der Waals surface area contributed by atoms with E-state index >= 15 is 0 Å². The van der Waals surface area contributed by atoms with E-state index in [1.165, 1.54) is 55.6 Å². The van der Waals surface area contributed by atoms with Gasteiger partial charge in [-0.2, -0.15) is 0 Å². The van der Waals surface area contributed by atoms with Gasteiger partial charge in [-0.3, -0.25) is 0 Å². The summed E-state index contributed by atoms with van der Waals surface area (Å²) in [6, 6.07) is 65.4. The van der Waals surface area contributed by atoms with E-state index in [4.69, 9.17) is 9.97 Å². The van der Waals surface area contributed by atoms with E-state index in [-0.39, 0.29) is 0 Å². The molecule has 7 aromatic carbocycles. The van der Waals surface area contributed by atoms with Gasteiger partial charge in [0.25, 0.3) is 0 Å². The van der Waals surface area contributed by atoms with Crippen molar-refractivity contribution in [3.05, 3.63) is 204 Å². The Balaban J connectivity index is 1.16. The Kier molecular flexibility index (Phi) is 6.13. The Labute approximate surface area is 286 Å². The maximum atomic E-state index is 5.08. The van der Waals surface area contributed by atoms with Gasteiger partial charge in [0, 0.05) is 16.7 Å². The largest absolute Gasteiger partial charge is 0.228 e. The maximum absolute atomic E-state index is 5.08. The average molecular weight is 623 g/mol. The fourth-order valence-electron chi connectivity index (χ4n) is 8.28. The summed E-state index contributed by atoms with van der Waals surface area (Å²) < 4.78 is 0. The summed E-state index contributed by atoms with van der Waals surface area (Å²) in [7, 11) is 0. The van der Waals surface area contributed by atoms with Crippen LogP contribution in [0.5, 0.6) is 0 Å². The molecule has 2 heteroatoms. The predicted octanol–water partition coefficient (Wildman–Crippen LogP) is 11.5. The maximum Gasteiger partial charge on any atom is 0.160 e. The van der Waals surface area contributed by atoms with Crippen molar-refractivity contribution < 1.29 is 0 Å². The van der Waals surface area contributed by atoms with E-state index in [0.29, 0.717) is 0 Å². The standard InChI is InChI=1S/C47H30N2/c1-3-14-32(15-4-1)43-30-44(49-46(48-43)34-16-5-2-6-17-34)33-28-26-31(27-29-33)35-21-13-22-39-38-20-9-12-25-42(38)47(45(35)39)40-23-10-7-18-36(40)37-19-8-11-24-41(37)47/h1-30H. The Morgan fingerprint density at radius 3 is 1.29 bits per heavy atom. The molecule has 0 N–H and O–H groups in total. The molecule has 228 valence electrons. The van der Waals surface area contributed by atoms with Gasteiger partial charge in [0.05, 0.1) is 16.8 Å². The number of nitrogens with zero attached hydrogens (tertiary/aromatic N) is 2. The molecule has 0 amide bonds. The van der Waals surface area contributed by atoms with Crippen molar-refractivity contribution in [3.63, 3.8) is 0 Å². The molecule has 0 radical (unpaired) electrons. The van der Waals surface area contributed by atoms with Gasteiger partial charge >= 0.3 is 0 Å². The molecule has 2 nitrogen and oxygen atoms in total. The quantitative estimate of drug-likeness (QED) is 0.195. The van der Waals surface area contributed by atoms with Crippen molar-refractivity contribution in [3.8, 4) is 67.3 Å². The van der Waals surface area contributed by atoms with Crippen molar-refractivity contribution in [1.82, 2.24) is 9.97 Å². The van der Waals surface area contributed by atoms with Gasteiger partial charge < -0.3 is 0 Å². The highest BCUT2D eigenvalue weighted by Gasteiger charge is 2.52. The molecule has 0 saturated carbocycles. The van der Waals surface area contributed by atoms with Gasteiger partial charge in [0.1, 0.15) is 0 Å². The van der Waals surface area contributed by atoms with Crippen LogP contribution in [0, 0.1) is 0 Å². The summed E-state index contributed by atoms with van der Waals surface area (Å²) >= 11 is 0. The third-order valence-corrected chi connectivity index (χ3v) is 10.3. The summed E-state index contributed by atoms with van der Waals surface area (Å²) in [5.41, 5.74) is 17.7. The van der Waals surface area contributed by atoms with E-state index in [1.807, 2.05) is 24.3 Å². The highest BCUT2D eigenvalue weighted by atomic mass is 14.9. The lowest BCUT2D eigenvalue weighted by Crippen LogP contribution is -2.26. The summed E-state index contributed by atoms with van der Waals surface area (Å²) in [5.74, 6) is 0.722. The second-order valence-corrected chi connectivity index (χ2v) is 12.9. The second kappa shape index (κ2) is 10.8. The first-order valence-corrected chi connectivity index (χ1v) is 16.8. The predicted molar refractivity (Wildman–Crippen MR) is 200 cm³/mol. The van der Waals surface area contributed by atoms with Crippen molar-refractivity contribution in [1.29, 1.82) is 0 Å². The molecule has 0 fully saturated rings. The van der Waals surface area contributed by atoms with Crippen LogP contribution in [0.3, 0.4) is 0 Å². The molecule has 0 bridgehead atoms. The topological polar surface area (TPSA) is 25.8 Å². The molecule has 1 heterocycles. The smallest absolute Gasteiger partial charge is 0.160 e. The number of rotatable bonds is 4. The second-order valence-electron chi connectivity index (χ2n) is 12.9. The molecule has 10 rings (SSSR count). The van der Waals surface area contributed by atoms with Crippen LogP contribution >= 0.6 is 0 Å². The molecule has 1 aromatic heterocycles. The molecule has 8 aromatic rings. The Morgan fingerprint density at radius 1 is 0.306 bits per heavy atom. The van der Waals surface area contributed by atoms with Crippen molar-refractivity contribution >= 4 is 0 Å². The molecular weight excluding hydrogens is 593 g/mol. The molecular formula is C47H30N2. The third-order valence-electron chi connectivity index (χ3n) is 10.3. The van der Waals surface area contributed by atoms with Gasteiger partial charge in [0.2, 0.25) is 0 Å². The lowest BCUT2D eigenvalue weighted by atomic mass is 9.68. The normalized spacial score (nSPS) is 13.1. The van der Waals surface area contributed by atoms with Crippen LogP contribution < -0.4 is 0 Å². The minimum Gasteiger partial charge on any atom is -0.228 e. The summed E-state index contributed by atoms with van der Waals surface area (Å²) in [6.07, 6.45) is 0. The zero-order valence-corrected chi connectivity index (χ0v) is 26.7. The number of hydrogen-bond donors (Lipinski definition) is 0. The average Bonchev–Trinajstić information content (AvgIpc) is 3.66. The van der Waals surface area contributed by atoms with E-state index in [9.17, 15) is 0 Å². The van der Waals surface area contributed by atoms with Crippen LogP contribution in [0.2, 0.25) is 0 Å². The Bertz CT molecular complexity index is 2410. The van der Waals surface area contributed by atoms with E-state index in [0.717, 1.165) is 33.9 Å². The van der Waals surface area contributed by atoms with E-state index in [1.54, 1.807) is 0 Å². The summed E-state index contributed by atoms with van der Waals surface area (Å²) in [5, 5.41) is 0. The first-order valence-electron chi connectivity index (χ1n) is 16.8. The van der Waals surface area contributed by atoms with Gasteiger partial charge in [-0.15, -0.1) is 0 Å². The number of hydrogen-bond acceptors (Lipinski definition) is 2. The Morgan fingerprint density at radius 2 is 0.714 bits per heavy atom. The Hall–Kier alpha value is -6.38. The van der Waals surface area contributed by atoms with Crippen LogP contribution in [-0.2, 0) is 5.41 Å². The van der Waals surface area contributed by atoms with Crippen molar-refractivity contribution in [2.75, 3.05) is 0 Å². The molecule has 0 unspecified atom stereocenters. The van der Waals surface area contributed by atoms with E-state index in [2.05, 4.69) is 158 Å².